The SMILES string of the molecule is Cc1nc(-c2ccc(F)cc2)sc1C(=O)NC1(CN)CCCC1. The summed E-state index contributed by atoms with van der Waals surface area (Å²) in [6.45, 7) is 2.28. The Morgan fingerprint density at radius 3 is 2.61 bits per heavy atom. The molecule has 0 radical (unpaired) electrons. The van der Waals surface area contributed by atoms with E-state index < -0.39 is 0 Å². The Balaban J connectivity index is 1.83. The number of amides is 1. The first-order valence-corrected chi connectivity index (χ1v) is 8.61. The molecule has 0 spiro atoms. The van der Waals surface area contributed by atoms with Crippen LogP contribution in [0.2, 0.25) is 0 Å². The number of carbonyl (C=O) groups excluding carboxylic acids is 1. The van der Waals surface area contributed by atoms with Crippen LogP contribution in [0.3, 0.4) is 0 Å². The van der Waals surface area contributed by atoms with Crippen molar-refractivity contribution in [2.24, 2.45) is 5.73 Å². The maximum Gasteiger partial charge on any atom is 0.263 e. The third-order valence-corrected chi connectivity index (χ3v) is 5.63. The smallest absolute Gasteiger partial charge is 0.263 e. The van der Waals surface area contributed by atoms with Crippen LogP contribution in [-0.4, -0.2) is 23.0 Å². The molecule has 0 atom stereocenters. The molecule has 1 aromatic heterocycles. The summed E-state index contributed by atoms with van der Waals surface area (Å²) in [5, 5.41) is 3.84. The van der Waals surface area contributed by atoms with Gasteiger partial charge in [-0.1, -0.05) is 12.8 Å². The first kappa shape index (κ1) is 16.1. The lowest BCUT2D eigenvalue weighted by Gasteiger charge is -2.28. The van der Waals surface area contributed by atoms with Gasteiger partial charge in [0.2, 0.25) is 0 Å². The number of aromatic nitrogens is 1. The lowest BCUT2D eigenvalue weighted by atomic mass is 9.98. The van der Waals surface area contributed by atoms with Gasteiger partial charge in [-0.3, -0.25) is 4.79 Å². The number of carbonyl (C=O) groups is 1. The van der Waals surface area contributed by atoms with E-state index >= 15 is 0 Å². The fourth-order valence-electron chi connectivity index (χ4n) is 3.05. The molecule has 0 bridgehead atoms. The van der Waals surface area contributed by atoms with Crippen molar-refractivity contribution in [3.05, 3.63) is 40.7 Å². The summed E-state index contributed by atoms with van der Waals surface area (Å²) in [6, 6.07) is 6.14. The topological polar surface area (TPSA) is 68.0 Å². The molecule has 23 heavy (non-hydrogen) atoms. The molecule has 1 aliphatic carbocycles. The zero-order valence-electron chi connectivity index (χ0n) is 13.1. The van der Waals surface area contributed by atoms with E-state index in [1.54, 1.807) is 12.1 Å². The Kier molecular flexibility index (Phi) is 4.46. The number of hydrogen-bond acceptors (Lipinski definition) is 4. The van der Waals surface area contributed by atoms with Crippen LogP contribution < -0.4 is 11.1 Å². The Labute approximate surface area is 138 Å². The van der Waals surface area contributed by atoms with E-state index in [-0.39, 0.29) is 17.3 Å². The summed E-state index contributed by atoms with van der Waals surface area (Å²) in [7, 11) is 0. The summed E-state index contributed by atoms with van der Waals surface area (Å²) in [4.78, 5) is 17.7. The van der Waals surface area contributed by atoms with Crippen molar-refractivity contribution >= 4 is 17.2 Å². The zero-order chi connectivity index (χ0) is 16.4. The fourth-order valence-corrected chi connectivity index (χ4v) is 4.02. The first-order valence-electron chi connectivity index (χ1n) is 7.79. The van der Waals surface area contributed by atoms with Crippen LogP contribution >= 0.6 is 11.3 Å². The molecule has 1 aromatic carbocycles. The van der Waals surface area contributed by atoms with Gasteiger partial charge in [-0.2, -0.15) is 0 Å². The standard InChI is InChI=1S/C17H20FN3OS/c1-11-14(15(22)21-17(10-19)8-2-3-9-17)23-16(20-11)12-4-6-13(18)7-5-12/h4-7H,2-3,8-10,19H2,1H3,(H,21,22). The monoisotopic (exact) mass is 333 g/mol. The maximum atomic E-state index is 13.0. The number of nitrogens with one attached hydrogen (secondary N) is 1. The second-order valence-electron chi connectivity index (χ2n) is 6.09. The largest absolute Gasteiger partial charge is 0.345 e. The van der Waals surface area contributed by atoms with Crippen LogP contribution in [0.25, 0.3) is 10.6 Å². The van der Waals surface area contributed by atoms with Gasteiger partial charge in [0.05, 0.1) is 11.2 Å². The Morgan fingerprint density at radius 1 is 1.35 bits per heavy atom. The molecule has 1 fully saturated rings. The van der Waals surface area contributed by atoms with Gasteiger partial charge in [0.15, 0.2) is 0 Å². The minimum atomic E-state index is -0.286. The molecule has 4 nitrogen and oxygen atoms in total. The lowest BCUT2D eigenvalue weighted by molar-refractivity contribution is 0.0906. The summed E-state index contributed by atoms with van der Waals surface area (Å²) in [5.41, 5.74) is 7.11. The van der Waals surface area contributed by atoms with Gasteiger partial charge in [-0.25, -0.2) is 9.37 Å². The van der Waals surface area contributed by atoms with Gasteiger partial charge >= 0.3 is 0 Å². The summed E-state index contributed by atoms with van der Waals surface area (Å²) in [6.07, 6.45) is 4.05. The van der Waals surface area contributed by atoms with Crippen molar-refractivity contribution in [3.8, 4) is 10.6 Å². The highest BCUT2D eigenvalue weighted by Crippen LogP contribution is 2.31. The van der Waals surface area contributed by atoms with E-state index in [0.29, 0.717) is 17.1 Å². The predicted molar refractivity (Wildman–Crippen MR) is 90.0 cm³/mol. The lowest BCUT2D eigenvalue weighted by Crippen LogP contribution is -2.51. The molecule has 1 saturated carbocycles. The maximum absolute atomic E-state index is 13.0. The Bertz CT molecular complexity index is 705. The minimum Gasteiger partial charge on any atom is -0.345 e. The van der Waals surface area contributed by atoms with Crippen molar-refractivity contribution in [2.75, 3.05) is 6.54 Å². The molecule has 0 saturated heterocycles. The molecule has 1 aliphatic rings. The summed E-state index contributed by atoms with van der Waals surface area (Å²) >= 11 is 1.33. The molecule has 6 heteroatoms. The van der Waals surface area contributed by atoms with Crippen LogP contribution in [0.15, 0.2) is 24.3 Å². The number of nitrogens with two attached hydrogens (primary N) is 1. The molecular formula is C17H20FN3OS. The zero-order valence-corrected chi connectivity index (χ0v) is 13.9. The molecule has 3 N–H and O–H groups in total. The van der Waals surface area contributed by atoms with Gasteiger partial charge in [-0.15, -0.1) is 11.3 Å². The molecule has 0 unspecified atom stereocenters. The molecule has 3 rings (SSSR count). The van der Waals surface area contributed by atoms with E-state index in [1.165, 1.54) is 23.5 Å². The van der Waals surface area contributed by atoms with Gasteiger partial charge in [0.25, 0.3) is 5.91 Å². The average molecular weight is 333 g/mol. The number of nitrogens with zero attached hydrogens (tertiary/aromatic N) is 1. The second-order valence-corrected chi connectivity index (χ2v) is 7.09. The second kappa shape index (κ2) is 6.37. The number of aryl methyl sites for hydroxylation is 1. The molecule has 1 heterocycles. The van der Waals surface area contributed by atoms with Crippen molar-refractivity contribution < 1.29 is 9.18 Å². The van der Waals surface area contributed by atoms with Gasteiger partial charge in [0, 0.05) is 12.1 Å². The predicted octanol–water partition coefficient (Wildman–Crippen LogP) is 3.26. The fraction of sp³-hybridized carbons (Fsp3) is 0.412. The van der Waals surface area contributed by atoms with Crippen LogP contribution in [-0.2, 0) is 0 Å². The molecule has 1 amide bonds. The quantitative estimate of drug-likeness (QED) is 0.902. The molecule has 0 aliphatic heterocycles. The van der Waals surface area contributed by atoms with Gasteiger partial charge < -0.3 is 11.1 Å². The highest BCUT2D eigenvalue weighted by Gasteiger charge is 2.34. The van der Waals surface area contributed by atoms with Crippen LogP contribution in [0, 0.1) is 12.7 Å². The van der Waals surface area contributed by atoms with E-state index in [9.17, 15) is 9.18 Å². The minimum absolute atomic E-state index is 0.110. The normalized spacial score (nSPS) is 16.5. The van der Waals surface area contributed by atoms with Crippen LogP contribution in [0.5, 0.6) is 0 Å². The third-order valence-electron chi connectivity index (χ3n) is 4.42. The highest BCUT2D eigenvalue weighted by atomic mass is 32.1. The number of benzene rings is 1. The van der Waals surface area contributed by atoms with Crippen molar-refractivity contribution in [2.45, 2.75) is 38.1 Å². The number of hydrogen-bond donors (Lipinski definition) is 2. The van der Waals surface area contributed by atoms with Gasteiger partial charge in [-0.05, 0) is 44.0 Å². The molecular weight excluding hydrogens is 313 g/mol. The number of rotatable bonds is 4. The van der Waals surface area contributed by atoms with E-state index in [0.717, 1.165) is 36.3 Å². The van der Waals surface area contributed by atoms with E-state index in [1.807, 2.05) is 6.92 Å². The molecule has 2 aromatic rings. The molecule has 122 valence electrons. The third kappa shape index (κ3) is 3.28. The average Bonchev–Trinajstić information content (AvgIpc) is 3.15. The summed E-state index contributed by atoms with van der Waals surface area (Å²) in [5.74, 6) is -0.396. The van der Waals surface area contributed by atoms with Crippen molar-refractivity contribution in [1.82, 2.24) is 10.3 Å². The van der Waals surface area contributed by atoms with E-state index in [4.69, 9.17) is 5.73 Å². The van der Waals surface area contributed by atoms with Crippen molar-refractivity contribution in [1.29, 1.82) is 0 Å². The number of halogens is 1. The highest BCUT2D eigenvalue weighted by molar-refractivity contribution is 7.17. The van der Waals surface area contributed by atoms with Crippen molar-refractivity contribution in [3.63, 3.8) is 0 Å². The van der Waals surface area contributed by atoms with Gasteiger partial charge in [0.1, 0.15) is 15.7 Å². The first-order chi connectivity index (χ1) is 11.0. The number of thiazole rings is 1. The van der Waals surface area contributed by atoms with Crippen LogP contribution in [0.4, 0.5) is 4.39 Å². The van der Waals surface area contributed by atoms with E-state index in [2.05, 4.69) is 10.3 Å². The Hall–Kier alpha value is -1.79. The Morgan fingerprint density at radius 2 is 2.00 bits per heavy atom. The van der Waals surface area contributed by atoms with Crippen LogP contribution in [0.1, 0.15) is 41.0 Å². The summed E-state index contributed by atoms with van der Waals surface area (Å²) < 4.78 is 13.0.